The summed E-state index contributed by atoms with van der Waals surface area (Å²) in [4.78, 5) is 12.5. The topological polar surface area (TPSA) is 34.9 Å². The van der Waals surface area contributed by atoms with Gasteiger partial charge in [-0.15, -0.1) is 0 Å². The number of nitrogens with zero attached hydrogens (tertiary/aromatic N) is 2. The van der Waals surface area contributed by atoms with E-state index in [0.717, 1.165) is 12.1 Å². The number of ketones is 1. The van der Waals surface area contributed by atoms with Crippen molar-refractivity contribution in [2.45, 2.75) is 26.1 Å². The maximum absolute atomic E-state index is 13.0. The standard InChI is InChI=1S/C14H12ClF3N2O/c1-8(2)20-12(11(15)7-19-20)13(21)9-5-3-4-6-10(9)14(16,17)18/h3-8H,1-2H3. The van der Waals surface area contributed by atoms with Gasteiger partial charge in [0.2, 0.25) is 5.78 Å². The molecule has 1 aromatic carbocycles. The Bertz CT molecular complexity index is 677. The first-order valence-corrected chi connectivity index (χ1v) is 6.55. The van der Waals surface area contributed by atoms with Gasteiger partial charge in [-0.2, -0.15) is 18.3 Å². The Morgan fingerprint density at radius 2 is 1.90 bits per heavy atom. The molecule has 2 aromatic rings. The molecular formula is C14H12ClF3N2O. The van der Waals surface area contributed by atoms with Gasteiger partial charge in [0.15, 0.2) is 0 Å². The van der Waals surface area contributed by atoms with Gasteiger partial charge < -0.3 is 0 Å². The minimum absolute atomic E-state index is 0.0330. The number of halogens is 4. The summed E-state index contributed by atoms with van der Waals surface area (Å²) >= 11 is 5.91. The van der Waals surface area contributed by atoms with Crippen LogP contribution in [0, 0.1) is 0 Å². The third-order valence-corrected chi connectivity index (χ3v) is 3.21. The molecule has 7 heteroatoms. The zero-order valence-electron chi connectivity index (χ0n) is 11.3. The van der Waals surface area contributed by atoms with Crippen LogP contribution >= 0.6 is 11.6 Å². The van der Waals surface area contributed by atoms with Gasteiger partial charge in [-0.05, 0) is 19.9 Å². The lowest BCUT2D eigenvalue weighted by atomic mass is 10.0. The third-order valence-electron chi connectivity index (χ3n) is 2.93. The predicted molar refractivity (Wildman–Crippen MR) is 72.5 cm³/mol. The Labute approximate surface area is 124 Å². The van der Waals surface area contributed by atoms with Crippen LogP contribution in [-0.4, -0.2) is 15.6 Å². The van der Waals surface area contributed by atoms with Crippen LogP contribution in [0.15, 0.2) is 30.5 Å². The van der Waals surface area contributed by atoms with E-state index in [2.05, 4.69) is 5.10 Å². The van der Waals surface area contributed by atoms with Gasteiger partial charge in [-0.3, -0.25) is 9.48 Å². The first kappa shape index (κ1) is 15.6. The summed E-state index contributed by atoms with van der Waals surface area (Å²) in [5, 5.41) is 3.97. The van der Waals surface area contributed by atoms with Crippen molar-refractivity contribution in [3.05, 3.63) is 52.3 Å². The smallest absolute Gasteiger partial charge is 0.287 e. The molecule has 0 unspecified atom stereocenters. The first-order valence-electron chi connectivity index (χ1n) is 6.17. The number of carbonyl (C=O) groups is 1. The van der Waals surface area contributed by atoms with Gasteiger partial charge in [-0.25, -0.2) is 0 Å². The van der Waals surface area contributed by atoms with Gasteiger partial charge in [0.05, 0.1) is 16.8 Å². The summed E-state index contributed by atoms with van der Waals surface area (Å²) in [5.41, 5.74) is -1.46. The molecule has 1 heterocycles. The number of hydrogen-bond acceptors (Lipinski definition) is 2. The zero-order chi connectivity index (χ0) is 15.8. The highest BCUT2D eigenvalue weighted by atomic mass is 35.5. The molecule has 0 amide bonds. The zero-order valence-corrected chi connectivity index (χ0v) is 12.0. The molecule has 0 bridgehead atoms. The second kappa shape index (κ2) is 5.52. The van der Waals surface area contributed by atoms with E-state index in [0.29, 0.717) is 0 Å². The lowest BCUT2D eigenvalue weighted by molar-refractivity contribution is -0.137. The fourth-order valence-electron chi connectivity index (χ4n) is 2.00. The van der Waals surface area contributed by atoms with Crippen LogP contribution in [0.5, 0.6) is 0 Å². The van der Waals surface area contributed by atoms with Gasteiger partial charge in [-0.1, -0.05) is 29.8 Å². The second-order valence-electron chi connectivity index (χ2n) is 4.75. The van der Waals surface area contributed by atoms with E-state index >= 15 is 0 Å². The van der Waals surface area contributed by atoms with Gasteiger partial charge in [0, 0.05) is 11.6 Å². The maximum Gasteiger partial charge on any atom is 0.417 e. The molecule has 0 aliphatic heterocycles. The predicted octanol–water partition coefficient (Wildman–Crippen LogP) is 4.37. The fourth-order valence-corrected chi connectivity index (χ4v) is 2.22. The minimum Gasteiger partial charge on any atom is -0.287 e. The first-order chi connectivity index (χ1) is 9.73. The Balaban J connectivity index is 2.59. The van der Waals surface area contributed by atoms with Gasteiger partial charge >= 0.3 is 6.18 Å². The summed E-state index contributed by atoms with van der Waals surface area (Å²) in [7, 11) is 0. The number of carbonyl (C=O) groups excluding carboxylic acids is 1. The van der Waals surface area contributed by atoms with Crippen molar-refractivity contribution < 1.29 is 18.0 Å². The van der Waals surface area contributed by atoms with Crippen molar-refractivity contribution in [3.8, 4) is 0 Å². The molecule has 1 aromatic heterocycles. The Morgan fingerprint density at radius 1 is 1.29 bits per heavy atom. The number of hydrogen-bond donors (Lipinski definition) is 0. The van der Waals surface area contributed by atoms with Gasteiger partial charge in [0.25, 0.3) is 0 Å². The number of alkyl halides is 3. The maximum atomic E-state index is 13.0. The number of aromatic nitrogens is 2. The normalized spacial score (nSPS) is 12.0. The molecule has 0 aliphatic carbocycles. The number of benzene rings is 1. The molecule has 3 nitrogen and oxygen atoms in total. The lowest BCUT2D eigenvalue weighted by Gasteiger charge is -2.14. The fraction of sp³-hybridized carbons (Fsp3) is 0.286. The minimum atomic E-state index is -4.61. The molecule has 0 fully saturated rings. The lowest BCUT2D eigenvalue weighted by Crippen LogP contribution is -2.18. The summed E-state index contributed by atoms with van der Waals surface area (Å²) < 4.78 is 40.3. The van der Waals surface area contributed by atoms with Crippen molar-refractivity contribution in [1.82, 2.24) is 9.78 Å². The molecule has 0 radical (unpaired) electrons. The van der Waals surface area contributed by atoms with E-state index in [-0.39, 0.29) is 16.8 Å². The van der Waals surface area contributed by atoms with E-state index in [1.807, 2.05) is 0 Å². The van der Waals surface area contributed by atoms with Crippen molar-refractivity contribution in [2.24, 2.45) is 0 Å². The highest BCUT2D eigenvalue weighted by Crippen LogP contribution is 2.33. The largest absolute Gasteiger partial charge is 0.417 e. The molecule has 2 rings (SSSR count). The van der Waals surface area contributed by atoms with Crippen molar-refractivity contribution in [1.29, 1.82) is 0 Å². The quantitative estimate of drug-likeness (QED) is 0.788. The van der Waals surface area contributed by atoms with E-state index in [4.69, 9.17) is 11.6 Å². The average Bonchev–Trinajstić information content (AvgIpc) is 2.79. The second-order valence-corrected chi connectivity index (χ2v) is 5.16. The summed E-state index contributed by atoms with van der Waals surface area (Å²) in [6.45, 7) is 3.52. The molecule has 0 aliphatic rings. The Kier molecular flexibility index (Phi) is 4.09. The van der Waals surface area contributed by atoms with Crippen LogP contribution in [0.25, 0.3) is 0 Å². The third kappa shape index (κ3) is 2.95. The molecule has 112 valence electrons. The Hall–Kier alpha value is -1.82. The van der Waals surface area contributed by atoms with Crippen LogP contribution in [0.2, 0.25) is 5.02 Å². The van der Waals surface area contributed by atoms with E-state index in [1.54, 1.807) is 13.8 Å². The van der Waals surface area contributed by atoms with E-state index < -0.39 is 23.1 Å². The highest BCUT2D eigenvalue weighted by Gasteiger charge is 2.36. The molecular weight excluding hydrogens is 305 g/mol. The molecule has 0 saturated carbocycles. The van der Waals surface area contributed by atoms with Crippen LogP contribution in [0.4, 0.5) is 13.2 Å². The van der Waals surface area contributed by atoms with Crippen LogP contribution in [0.3, 0.4) is 0 Å². The molecule has 0 saturated heterocycles. The van der Waals surface area contributed by atoms with Crippen LogP contribution in [-0.2, 0) is 6.18 Å². The molecule has 0 spiro atoms. The van der Waals surface area contributed by atoms with Crippen LogP contribution in [0.1, 0.15) is 41.5 Å². The molecule has 21 heavy (non-hydrogen) atoms. The molecule has 0 N–H and O–H groups in total. The SMILES string of the molecule is CC(C)n1ncc(Cl)c1C(=O)c1ccccc1C(F)(F)F. The van der Waals surface area contributed by atoms with Crippen molar-refractivity contribution >= 4 is 17.4 Å². The number of rotatable bonds is 3. The van der Waals surface area contributed by atoms with Gasteiger partial charge in [0.1, 0.15) is 5.69 Å². The van der Waals surface area contributed by atoms with E-state index in [1.165, 1.54) is 23.0 Å². The summed E-state index contributed by atoms with van der Waals surface area (Å²) in [6, 6.07) is 4.43. The summed E-state index contributed by atoms with van der Waals surface area (Å²) in [6.07, 6.45) is -3.35. The van der Waals surface area contributed by atoms with E-state index in [9.17, 15) is 18.0 Å². The monoisotopic (exact) mass is 316 g/mol. The Morgan fingerprint density at radius 3 is 2.48 bits per heavy atom. The van der Waals surface area contributed by atoms with Crippen molar-refractivity contribution in [2.75, 3.05) is 0 Å². The van der Waals surface area contributed by atoms with Crippen LogP contribution < -0.4 is 0 Å². The average molecular weight is 317 g/mol. The summed E-state index contributed by atoms with van der Waals surface area (Å²) in [5.74, 6) is -0.792. The van der Waals surface area contributed by atoms with Crippen molar-refractivity contribution in [3.63, 3.8) is 0 Å². The molecule has 0 atom stereocenters. The highest BCUT2D eigenvalue weighted by molar-refractivity contribution is 6.34.